The van der Waals surface area contributed by atoms with Gasteiger partial charge in [-0.1, -0.05) is 35.9 Å². The van der Waals surface area contributed by atoms with Crippen molar-refractivity contribution in [1.29, 1.82) is 0 Å². The van der Waals surface area contributed by atoms with Crippen LogP contribution in [0.4, 0.5) is 0 Å². The number of benzene rings is 2. The minimum atomic E-state index is -0.0732. The van der Waals surface area contributed by atoms with Gasteiger partial charge < -0.3 is 4.90 Å². The van der Waals surface area contributed by atoms with E-state index in [4.69, 9.17) is 11.6 Å². The second kappa shape index (κ2) is 8.35. The van der Waals surface area contributed by atoms with Crippen LogP contribution in [-0.4, -0.2) is 27.4 Å². The fourth-order valence-electron chi connectivity index (χ4n) is 3.02. The summed E-state index contributed by atoms with van der Waals surface area (Å²) in [4.78, 5) is 31.0. The van der Waals surface area contributed by atoms with Crippen molar-refractivity contribution >= 4 is 28.4 Å². The van der Waals surface area contributed by atoms with Crippen molar-refractivity contribution in [2.75, 3.05) is 7.05 Å². The quantitative estimate of drug-likeness (QED) is 0.645. The zero-order chi connectivity index (χ0) is 19.4. The van der Waals surface area contributed by atoms with E-state index in [9.17, 15) is 9.59 Å². The molecule has 0 unspecified atom stereocenters. The number of amides is 1. The summed E-state index contributed by atoms with van der Waals surface area (Å²) >= 11 is 5.92. The highest BCUT2D eigenvalue weighted by atomic mass is 35.5. The Morgan fingerprint density at radius 3 is 2.63 bits per heavy atom. The molecule has 1 atom stereocenters. The van der Waals surface area contributed by atoms with Crippen molar-refractivity contribution in [3.8, 4) is 0 Å². The molecule has 1 amide bonds. The first-order valence-electron chi connectivity index (χ1n) is 8.92. The molecular formula is C21H22ClN3O2. The Labute approximate surface area is 163 Å². The van der Waals surface area contributed by atoms with Crippen LogP contribution in [0.25, 0.3) is 10.9 Å². The van der Waals surface area contributed by atoms with Crippen LogP contribution in [0.5, 0.6) is 0 Å². The molecule has 2 aromatic carbocycles. The molecule has 0 N–H and O–H groups in total. The summed E-state index contributed by atoms with van der Waals surface area (Å²) in [6.45, 7) is 2.45. The molecule has 0 spiro atoms. The van der Waals surface area contributed by atoms with E-state index >= 15 is 0 Å². The second-order valence-corrected chi connectivity index (χ2v) is 7.03. The molecule has 0 saturated carbocycles. The largest absolute Gasteiger partial charge is 0.339 e. The molecule has 5 nitrogen and oxygen atoms in total. The summed E-state index contributed by atoms with van der Waals surface area (Å²) in [5, 5.41) is 1.27. The topological polar surface area (TPSA) is 55.2 Å². The van der Waals surface area contributed by atoms with Gasteiger partial charge in [-0.25, -0.2) is 4.98 Å². The Bertz CT molecular complexity index is 998. The first-order valence-corrected chi connectivity index (χ1v) is 9.30. The van der Waals surface area contributed by atoms with Crippen LogP contribution < -0.4 is 5.56 Å². The van der Waals surface area contributed by atoms with Crippen LogP contribution in [-0.2, 0) is 11.3 Å². The molecule has 0 radical (unpaired) electrons. The second-order valence-electron chi connectivity index (χ2n) is 6.60. The third kappa shape index (κ3) is 4.37. The monoisotopic (exact) mass is 383 g/mol. The number of aryl methyl sites for hydroxylation is 1. The molecule has 1 heterocycles. The van der Waals surface area contributed by atoms with Crippen molar-refractivity contribution in [3.05, 3.63) is 75.8 Å². The van der Waals surface area contributed by atoms with Gasteiger partial charge in [0.05, 0.1) is 23.3 Å². The average Bonchev–Trinajstić information content (AvgIpc) is 2.69. The number of carbonyl (C=O) groups is 1. The van der Waals surface area contributed by atoms with E-state index in [0.717, 1.165) is 5.56 Å². The number of aromatic nitrogens is 2. The van der Waals surface area contributed by atoms with Gasteiger partial charge in [-0.2, -0.15) is 0 Å². The van der Waals surface area contributed by atoms with Crippen LogP contribution in [0.2, 0.25) is 5.02 Å². The van der Waals surface area contributed by atoms with E-state index in [0.29, 0.717) is 35.3 Å². The number of hydrogen-bond acceptors (Lipinski definition) is 3. The highest BCUT2D eigenvalue weighted by Crippen LogP contribution is 2.21. The van der Waals surface area contributed by atoms with Crippen molar-refractivity contribution in [2.24, 2.45) is 0 Å². The summed E-state index contributed by atoms with van der Waals surface area (Å²) in [5.41, 5.74) is 1.65. The number of rotatable bonds is 6. The van der Waals surface area contributed by atoms with Gasteiger partial charge in [-0.15, -0.1) is 0 Å². The zero-order valence-corrected chi connectivity index (χ0v) is 16.2. The summed E-state index contributed by atoms with van der Waals surface area (Å²) in [6, 6.07) is 14.7. The standard InChI is InChI=1S/C21H22ClN3O2/c1-15(16-9-11-17(22)12-10-16)24(2)20(26)8-5-13-25-14-23-19-7-4-3-6-18(19)21(25)27/h3-4,6-7,9-12,14-15H,5,8,13H2,1-2H3/t15-/m0/s1. The lowest BCUT2D eigenvalue weighted by Crippen LogP contribution is -2.30. The van der Waals surface area contributed by atoms with Crippen molar-refractivity contribution in [3.63, 3.8) is 0 Å². The van der Waals surface area contributed by atoms with Gasteiger partial charge in [0.25, 0.3) is 5.56 Å². The highest BCUT2D eigenvalue weighted by molar-refractivity contribution is 6.30. The predicted molar refractivity (Wildman–Crippen MR) is 108 cm³/mol. The minimum Gasteiger partial charge on any atom is -0.339 e. The molecule has 3 rings (SSSR count). The molecule has 0 aliphatic rings. The summed E-state index contributed by atoms with van der Waals surface area (Å²) in [7, 11) is 1.80. The van der Waals surface area contributed by atoms with E-state index in [1.54, 1.807) is 28.9 Å². The van der Waals surface area contributed by atoms with Gasteiger partial charge in [-0.3, -0.25) is 14.2 Å². The Morgan fingerprint density at radius 1 is 1.19 bits per heavy atom. The molecule has 140 valence electrons. The lowest BCUT2D eigenvalue weighted by molar-refractivity contribution is -0.131. The smallest absolute Gasteiger partial charge is 0.261 e. The first-order chi connectivity index (χ1) is 13.0. The number of hydrogen-bond donors (Lipinski definition) is 0. The van der Waals surface area contributed by atoms with Crippen molar-refractivity contribution < 1.29 is 4.79 Å². The predicted octanol–water partition coefficient (Wildman–Crippen LogP) is 4.05. The molecule has 27 heavy (non-hydrogen) atoms. The van der Waals surface area contributed by atoms with Crippen molar-refractivity contribution in [1.82, 2.24) is 14.5 Å². The van der Waals surface area contributed by atoms with Gasteiger partial charge in [0, 0.05) is 25.0 Å². The van der Waals surface area contributed by atoms with E-state index in [1.165, 1.54) is 0 Å². The molecule has 1 aromatic heterocycles. The highest BCUT2D eigenvalue weighted by Gasteiger charge is 2.17. The fourth-order valence-corrected chi connectivity index (χ4v) is 3.15. The summed E-state index contributed by atoms with van der Waals surface area (Å²) in [5.74, 6) is 0.0410. The zero-order valence-electron chi connectivity index (χ0n) is 15.4. The Balaban J connectivity index is 1.60. The molecule has 0 aliphatic carbocycles. The molecule has 6 heteroatoms. The van der Waals surface area contributed by atoms with Gasteiger partial charge in [0.1, 0.15) is 0 Å². The molecule has 0 aliphatic heterocycles. The van der Waals surface area contributed by atoms with Gasteiger partial charge in [0.15, 0.2) is 0 Å². The first kappa shape index (κ1) is 19.1. The lowest BCUT2D eigenvalue weighted by atomic mass is 10.1. The third-order valence-corrected chi connectivity index (χ3v) is 5.10. The maximum absolute atomic E-state index is 12.5. The number of fused-ring (bicyclic) bond motifs is 1. The summed E-state index contributed by atoms with van der Waals surface area (Å²) in [6.07, 6.45) is 2.50. The lowest BCUT2D eigenvalue weighted by Gasteiger charge is -2.25. The van der Waals surface area contributed by atoms with Gasteiger partial charge in [0.2, 0.25) is 5.91 Å². The molecular weight excluding hydrogens is 362 g/mol. The van der Waals surface area contributed by atoms with E-state index in [2.05, 4.69) is 4.98 Å². The fraction of sp³-hybridized carbons (Fsp3) is 0.286. The van der Waals surface area contributed by atoms with Gasteiger partial charge in [-0.05, 0) is 43.2 Å². The minimum absolute atomic E-state index is 0.0410. The number of carbonyl (C=O) groups excluding carboxylic acids is 1. The SMILES string of the molecule is C[C@@H](c1ccc(Cl)cc1)N(C)C(=O)CCCn1cnc2ccccc2c1=O. The average molecular weight is 384 g/mol. The van der Waals surface area contributed by atoms with Crippen LogP contribution in [0.15, 0.2) is 59.7 Å². The Kier molecular flexibility index (Phi) is 5.91. The van der Waals surface area contributed by atoms with Crippen LogP contribution in [0.1, 0.15) is 31.4 Å². The Hall–Kier alpha value is -2.66. The summed E-state index contributed by atoms with van der Waals surface area (Å²) < 4.78 is 1.57. The Morgan fingerprint density at radius 2 is 1.89 bits per heavy atom. The van der Waals surface area contributed by atoms with Crippen molar-refractivity contribution in [2.45, 2.75) is 32.4 Å². The number of halogens is 1. The van der Waals surface area contributed by atoms with Gasteiger partial charge >= 0.3 is 0 Å². The van der Waals surface area contributed by atoms with Crippen LogP contribution in [0, 0.1) is 0 Å². The maximum Gasteiger partial charge on any atom is 0.261 e. The molecule has 0 saturated heterocycles. The number of para-hydroxylation sites is 1. The normalized spacial score (nSPS) is 12.1. The maximum atomic E-state index is 12.5. The molecule has 3 aromatic rings. The number of nitrogens with zero attached hydrogens (tertiary/aromatic N) is 3. The van der Waals surface area contributed by atoms with Crippen LogP contribution >= 0.6 is 11.6 Å². The van der Waals surface area contributed by atoms with E-state index in [1.807, 2.05) is 49.4 Å². The third-order valence-electron chi connectivity index (χ3n) is 4.85. The van der Waals surface area contributed by atoms with E-state index < -0.39 is 0 Å². The van der Waals surface area contributed by atoms with Crippen LogP contribution in [0.3, 0.4) is 0 Å². The molecule has 0 bridgehead atoms. The van der Waals surface area contributed by atoms with E-state index in [-0.39, 0.29) is 17.5 Å². The molecule has 0 fully saturated rings.